The van der Waals surface area contributed by atoms with Crippen molar-refractivity contribution in [2.45, 2.75) is 58.3 Å². The fourth-order valence-corrected chi connectivity index (χ4v) is 3.32. The predicted molar refractivity (Wildman–Crippen MR) is 140 cm³/mol. The molecule has 2 rings (SSSR count). The number of amides is 3. The molecule has 0 bridgehead atoms. The average molecular weight is 530 g/mol. The van der Waals surface area contributed by atoms with E-state index in [0.717, 1.165) is 5.56 Å². The molecule has 0 fully saturated rings. The van der Waals surface area contributed by atoms with E-state index in [4.69, 9.17) is 14.2 Å². The van der Waals surface area contributed by atoms with Crippen LogP contribution in [0.3, 0.4) is 0 Å². The van der Waals surface area contributed by atoms with Gasteiger partial charge in [-0.1, -0.05) is 30.3 Å². The third-order valence-corrected chi connectivity index (χ3v) is 5.09. The lowest BCUT2D eigenvalue weighted by atomic mass is 10.1. The molecular weight excluding hydrogens is 494 g/mol. The largest absolute Gasteiger partial charge is 0.496 e. The number of nitrogens with one attached hydrogen (secondary N) is 3. The maximum Gasteiger partial charge on any atom is 0.412 e. The highest BCUT2D eigenvalue weighted by Crippen LogP contribution is 2.23. The molecule has 0 aromatic heterocycles. The van der Waals surface area contributed by atoms with Crippen molar-refractivity contribution in [2.75, 3.05) is 19.0 Å². The standard InChI is InChI=1S/C27H35N3O8/c1-27(2,3)38-26(35)29-19-13-14-22(36-4)20(16-19)23(31)30-21(24(32)33)12-8-9-15-28-25(34)37-17-18-10-6-5-7-11-18/h5-7,10-11,13-14,16,21H,8-9,12,15,17H2,1-4H3,(H,28,34)(H,29,35)(H,30,31)(H,32,33)/t21-/m0/s1. The Morgan fingerprint density at radius 3 is 2.32 bits per heavy atom. The number of hydrogen-bond donors (Lipinski definition) is 4. The van der Waals surface area contributed by atoms with Gasteiger partial charge >= 0.3 is 18.2 Å². The van der Waals surface area contributed by atoms with Crippen LogP contribution in [0, 0.1) is 0 Å². The van der Waals surface area contributed by atoms with Crippen LogP contribution in [0.25, 0.3) is 0 Å². The van der Waals surface area contributed by atoms with E-state index in [0.29, 0.717) is 19.4 Å². The fourth-order valence-electron chi connectivity index (χ4n) is 3.32. The Morgan fingerprint density at radius 1 is 0.974 bits per heavy atom. The summed E-state index contributed by atoms with van der Waals surface area (Å²) in [7, 11) is 1.37. The van der Waals surface area contributed by atoms with Crippen LogP contribution in [0.4, 0.5) is 15.3 Å². The van der Waals surface area contributed by atoms with Crippen LogP contribution in [0.5, 0.6) is 5.75 Å². The van der Waals surface area contributed by atoms with Gasteiger partial charge in [-0.15, -0.1) is 0 Å². The number of carbonyl (C=O) groups excluding carboxylic acids is 3. The summed E-state index contributed by atoms with van der Waals surface area (Å²) in [5.74, 6) is -1.67. The van der Waals surface area contributed by atoms with E-state index in [1.54, 1.807) is 20.8 Å². The summed E-state index contributed by atoms with van der Waals surface area (Å²) in [6.45, 7) is 5.61. The summed E-state index contributed by atoms with van der Waals surface area (Å²) in [6, 6.07) is 12.5. The summed E-state index contributed by atoms with van der Waals surface area (Å²) >= 11 is 0. The maximum absolute atomic E-state index is 12.9. The first-order valence-electron chi connectivity index (χ1n) is 12.1. The third-order valence-electron chi connectivity index (χ3n) is 5.09. The lowest BCUT2D eigenvalue weighted by molar-refractivity contribution is -0.139. The van der Waals surface area contributed by atoms with Gasteiger partial charge in [0.1, 0.15) is 24.0 Å². The van der Waals surface area contributed by atoms with Crippen LogP contribution in [0.15, 0.2) is 48.5 Å². The fraction of sp³-hybridized carbons (Fsp3) is 0.407. The topological polar surface area (TPSA) is 152 Å². The van der Waals surface area contributed by atoms with Gasteiger partial charge in [-0.3, -0.25) is 10.1 Å². The minimum Gasteiger partial charge on any atom is -0.496 e. The van der Waals surface area contributed by atoms with Crippen LogP contribution in [0.1, 0.15) is 56.0 Å². The minimum atomic E-state index is -1.20. The molecule has 0 aliphatic carbocycles. The summed E-state index contributed by atoms with van der Waals surface area (Å²) < 4.78 is 15.6. The Labute approximate surface area is 221 Å². The lowest BCUT2D eigenvalue weighted by Gasteiger charge is -2.20. The van der Waals surface area contributed by atoms with Gasteiger partial charge in [0.05, 0.1) is 12.7 Å². The number of rotatable bonds is 12. The highest BCUT2D eigenvalue weighted by molar-refractivity contribution is 6.00. The Hall–Kier alpha value is -4.28. The molecular formula is C27H35N3O8. The Kier molecular flexibility index (Phi) is 11.4. The van der Waals surface area contributed by atoms with Crippen molar-refractivity contribution < 1.29 is 38.5 Å². The maximum atomic E-state index is 12.9. The molecule has 4 N–H and O–H groups in total. The molecule has 206 valence electrons. The lowest BCUT2D eigenvalue weighted by Crippen LogP contribution is -2.41. The molecule has 11 heteroatoms. The third kappa shape index (κ3) is 10.8. The highest BCUT2D eigenvalue weighted by atomic mass is 16.6. The van der Waals surface area contributed by atoms with Gasteiger partial charge < -0.3 is 30.0 Å². The summed E-state index contributed by atoms with van der Waals surface area (Å²) in [6.07, 6.45) is -0.217. The van der Waals surface area contributed by atoms with Crippen LogP contribution in [0.2, 0.25) is 0 Å². The van der Waals surface area contributed by atoms with Crippen LogP contribution < -0.4 is 20.7 Å². The van der Waals surface area contributed by atoms with E-state index in [-0.39, 0.29) is 30.0 Å². The predicted octanol–water partition coefficient (Wildman–Crippen LogP) is 4.32. The summed E-state index contributed by atoms with van der Waals surface area (Å²) in [5.41, 5.74) is 0.492. The van der Waals surface area contributed by atoms with E-state index in [1.807, 2.05) is 30.3 Å². The monoisotopic (exact) mass is 529 g/mol. The summed E-state index contributed by atoms with van der Waals surface area (Å²) in [5, 5.41) is 17.2. The molecule has 0 aliphatic rings. The van der Waals surface area contributed by atoms with Crippen LogP contribution in [-0.4, -0.2) is 54.5 Å². The molecule has 0 unspecified atom stereocenters. The Morgan fingerprint density at radius 2 is 1.68 bits per heavy atom. The van der Waals surface area contributed by atoms with Crippen molar-refractivity contribution in [3.05, 3.63) is 59.7 Å². The second-order valence-corrected chi connectivity index (χ2v) is 9.39. The number of aliphatic carboxylic acids is 1. The number of methoxy groups -OCH3 is 1. The second kappa shape index (κ2) is 14.5. The number of anilines is 1. The molecule has 0 saturated carbocycles. The Bertz CT molecular complexity index is 1100. The molecule has 38 heavy (non-hydrogen) atoms. The molecule has 0 saturated heterocycles. The first-order chi connectivity index (χ1) is 18.0. The molecule has 2 aromatic rings. The quantitative estimate of drug-likeness (QED) is 0.297. The second-order valence-electron chi connectivity index (χ2n) is 9.39. The number of hydrogen-bond acceptors (Lipinski definition) is 7. The van der Waals surface area contributed by atoms with Crippen molar-refractivity contribution in [3.8, 4) is 5.75 Å². The van der Waals surface area contributed by atoms with Crippen molar-refractivity contribution in [1.82, 2.24) is 10.6 Å². The minimum absolute atomic E-state index is 0.0511. The number of carboxylic acids is 1. The molecule has 11 nitrogen and oxygen atoms in total. The van der Waals surface area contributed by atoms with Gasteiger partial charge in [-0.05, 0) is 63.8 Å². The van der Waals surface area contributed by atoms with Gasteiger partial charge in [-0.2, -0.15) is 0 Å². The van der Waals surface area contributed by atoms with Crippen molar-refractivity contribution >= 4 is 29.8 Å². The summed E-state index contributed by atoms with van der Waals surface area (Å²) in [4.78, 5) is 48.5. The highest BCUT2D eigenvalue weighted by Gasteiger charge is 2.23. The Balaban J connectivity index is 1.86. The number of alkyl carbamates (subject to hydrolysis) is 1. The number of ether oxygens (including phenoxy) is 3. The van der Waals surface area contributed by atoms with Crippen molar-refractivity contribution in [3.63, 3.8) is 0 Å². The van der Waals surface area contributed by atoms with Crippen LogP contribution >= 0.6 is 0 Å². The SMILES string of the molecule is COc1ccc(NC(=O)OC(C)(C)C)cc1C(=O)N[C@@H](CCCCNC(=O)OCc1ccccc1)C(=O)O. The average Bonchev–Trinajstić information content (AvgIpc) is 2.85. The van der Waals surface area contributed by atoms with Crippen LogP contribution in [-0.2, 0) is 20.9 Å². The molecule has 0 radical (unpaired) electrons. The van der Waals surface area contributed by atoms with Crippen molar-refractivity contribution in [2.24, 2.45) is 0 Å². The molecule has 1 atom stereocenters. The normalized spacial score (nSPS) is 11.6. The van der Waals surface area contributed by atoms with E-state index in [1.165, 1.54) is 25.3 Å². The van der Waals surface area contributed by atoms with Gasteiger partial charge in [-0.25, -0.2) is 14.4 Å². The van der Waals surface area contributed by atoms with Gasteiger partial charge in [0.15, 0.2) is 0 Å². The molecule has 3 amide bonds. The van der Waals surface area contributed by atoms with Gasteiger partial charge in [0.25, 0.3) is 5.91 Å². The van der Waals surface area contributed by atoms with E-state index in [9.17, 15) is 24.3 Å². The molecule has 0 aliphatic heterocycles. The molecule has 2 aromatic carbocycles. The number of unbranched alkanes of at least 4 members (excludes halogenated alkanes) is 1. The number of carbonyl (C=O) groups is 4. The molecule has 0 spiro atoms. The van der Waals surface area contributed by atoms with Crippen molar-refractivity contribution in [1.29, 1.82) is 0 Å². The van der Waals surface area contributed by atoms with E-state index < -0.39 is 35.7 Å². The smallest absolute Gasteiger partial charge is 0.412 e. The zero-order valence-electron chi connectivity index (χ0n) is 22.0. The number of carboxylic acid groups (broad SMARTS) is 1. The van der Waals surface area contributed by atoms with Gasteiger partial charge in [0, 0.05) is 12.2 Å². The van der Waals surface area contributed by atoms with E-state index in [2.05, 4.69) is 16.0 Å². The zero-order valence-corrected chi connectivity index (χ0v) is 22.0. The number of benzene rings is 2. The van der Waals surface area contributed by atoms with Gasteiger partial charge in [0.2, 0.25) is 0 Å². The molecule has 0 heterocycles. The zero-order chi connectivity index (χ0) is 28.1. The first kappa shape index (κ1) is 29.9. The van der Waals surface area contributed by atoms with E-state index >= 15 is 0 Å². The first-order valence-corrected chi connectivity index (χ1v) is 12.1.